The van der Waals surface area contributed by atoms with Crippen molar-refractivity contribution in [1.82, 2.24) is 15.0 Å². The zero-order valence-electron chi connectivity index (χ0n) is 6.53. The van der Waals surface area contributed by atoms with E-state index < -0.39 is 0 Å². The van der Waals surface area contributed by atoms with Gasteiger partial charge in [-0.1, -0.05) is 0 Å². The Bertz CT molecular complexity index is 433. The molecule has 0 saturated heterocycles. The van der Waals surface area contributed by atoms with E-state index in [9.17, 15) is 4.79 Å². The molecule has 60 valence electrons. The highest BCUT2D eigenvalue weighted by Gasteiger charge is 2.07. The third kappa shape index (κ3) is 0.887. The molecule has 0 spiro atoms. The number of ketones is 1. The predicted octanol–water partition coefficient (Wildman–Crippen LogP) is 1.16. The predicted molar refractivity (Wildman–Crippen MR) is 43.9 cm³/mol. The van der Waals surface area contributed by atoms with Gasteiger partial charge in [0, 0.05) is 23.3 Å². The molecule has 0 amide bonds. The lowest BCUT2D eigenvalue weighted by molar-refractivity contribution is 0.101. The molecule has 0 aliphatic carbocycles. The van der Waals surface area contributed by atoms with E-state index in [4.69, 9.17) is 0 Å². The number of hydrogen-bond acceptors (Lipinski definition) is 3. The normalized spacial score (nSPS) is 10.4. The second kappa shape index (κ2) is 2.41. The van der Waals surface area contributed by atoms with Crippen molar-refractivity contribution >= 4 is 16.8 Å². The van der Waals surface area contributed by atoms with Crippen LogP contribution in [0.5, 0.6) is 0 Å². The summed E-state index contributed by atoms with van der Waals surface area (Å²) in [5.41, 5.74) is 1.35. The maximum absolute atomic E-state index is 11.0. The van der Waals surface area contributed by atoms with Crippen LogP contribution in [0.1, 0.15) is 17.3 Å². The highest BCUT2D eigenvalue weighted by Crippen LogP contribution is 2.14. The number of aromatic nitrogens is 3. The van der Waals surface area contributed by atoms with E-state index in [0.717, 1.165) is 5.39 Å². The SMILES string of the molecule is CC(=O)c1c[nH]c2ncncc12. The minimum atomic E-state index is 0.0241. The fourth-order valence-corrected chi connectivity index (χ4v) is 1.15. The zero-order chi connectivity index (χ0) is 8.55. The number of H-pyrrole nitrogens is 1. The lowest BCUT2D eigenvalue weighted by atomic mass is 10.2. The highest BCUT2D eigenvalue weighted by atomic mass is 16.1. The largest absolute Gasteiger partial charge is 0.345 e. The number of aromatic amines is 1. The summed E-state index contributed by atoms with van der Waals surface area (Å²) in [6, 6.07) is 0. The summed E-state index contributed by atoms with van der Waals surface area (Å²) in [5, 5.41) is 0.782. The molecular formula is C8H7N3O. The van der Waals surface area contributed by atoms with E-state index in [1.165, 1.54) is 13.3 Å². The van der Waals surface area contributed by atoms with Gasteiger partial charge in [-0.25, -0.2) is 9.97 Å². The number of carbonyl (C=O) groups is 1. The second-order valence-electron chi connectivity index (χ2n) is 2.54. The van der Waals surface area contributed by atoms with E-state index in [1.54, 1.807) is 12.4 Å². The molecule has 0 radical (unpaired) electrons. The summed E-state index contributed by atoms with van der Waals surface area (Å²) >= 11 is 0. The molecule has 0 saturated carbocycles. The Morgan fingerprint density at radius 3 is 3.17 bits per heavy atom. The van der Waals surface area contributed by atoms with Crippen molar-refractivity contribution in [2.75, 3.05) is 0 Å². The van der Waals surface area contributed by atoms with E-state index in [-0.39, 0.29) is 5.78 Å². The van der Waals surface area contributed by atoms with Crippen LogP contribution in [0.4, 0.5) is 0 Å². The molecule has 0 aromatic carbocycles. The van der Waals surface area contributed by atoms with Gasteiger partial charge >= 0.3 is 0 Å². The first-order valence-electron chi connectivity index (χ1n) is 3.57. The van der Waals surface area contributed by atoms with Gasteiger partial charge in [-0.15, -0.1) is 0 Å². The van der Waals surface area contributed by atoms with Crippen molar-refractivity contribution in [1.29, 1.82) is 0 Å². The van der Waals surface area contributed by atoms with Crippen molar-refractivity contribution in [3.05, 3.63) is 24.3 Å². The molecule has 0 aliphatic rings. The Kier molecular flexibility index (Phi) is 1.40. The minimum Gasteiger partial charge on any atom is -0.345 e. The van der Waals surface area contributed by atoms with Crippen LogP contribution in [0.25, 0.3) is 11.0 Å². The number of rotatable bonds is 1. The number of fused-ring (bicyclic) bond motifs is 1. The van der Waals surface area contributed by atoms with Gasteiger partial charge in [0.2, 0.25) is 0 Å². The van der Waals surface area contributed by atoms with E-state index in [0.29, 0.717) is 11.2 Å². The maximum atomic E-state index is 11.0. The fraction of sp³-hybridized carbons (Fsp3) is 0.125. The molecule has 2 aromatic rings. The van der Waals surface area contributed by atoms with Crippen LogP contribution in [0.2, 0.25) is 0 Å². The second-order valence-corrected chi connectivity index (χ2v) is 2.54. The Morgan fingerprint density at radius 1 is 1.58 bits per heavy atom. The summed E-state index contributed by atoms with van der Waals surface area (Å²) in [7, 11) is 0. The lowest BCUT2D eigenvalue weighted by Crippen LogP contribution is -1.89. The Balaban J connectivity index is 2.79. The van der Waals surface area contributed by atoms with E-state index in [1.807, 2.05) is 0 Å². The molecule has 0 aliphatic heterocycles. The Morgan fingerprint density at radius 2 is 2.42 bits per heavy atom. The molecule has 0 atom stereocenters. The molecule has 2 heterocycles. The first kappa shape index (κ1) is 6.97. The molecule has 4 heteroatoms. The van der Waals surface area contributed by atoms with Crippen LogP contribution >= 0.6 is 0 Å². The number of nitrogens with zero attached hydrogens (tertiary/aromatic N) is 2. The molecule has 1 N–H and O–H groups in total. The monoisotopic (exact) mass is 161 g/mol. The van der Waals surface area contributed by atoms with Crippen LogP contribution in [-0.2, 0) is 0 Å². The van der Waals surface area contributed by atoms with Crippen LogP contribution in [0.15, 0.2) is 18.7 Å². The van der Waals surface area contributed by atoms with Crippen LogP contribution in [-0.4, -0.2) is 20.7 Å². The summed E-state index contributed by atoms with van der Waals surface area (Å²) in [4.78, 5) is 21.8. The number of Topliss-reactive ketones (excluding diaryl/α,β-unsaturated/α-hetero) is 1. The average Bonchev–Trinajstić information content (AvgIpc) is 2.47. The molecule has 0 fully saturated rings. The maximum Gasteiger partial charge on any atom is 0.162 e. The Labute approximate surface area is 68.7 Å². The van der Waals surface area contributed by atoms with Crippen molar-refractivity contribution in [3.8, 4) is 0 Å². The summed E-state index contributed by atoms with van der Waals surface area (Å²) < 4.78 is 0. The van der Waals surface area contributed by atoms with Gasteiger partial charge in [-0.3, -0.25) is 4.79 Å². The number of nitrogens with one attached hydrogen (secondary N) is 1. The molecule has 0 bridgehead atoms. The standard InChI is InChI=1S/C8H7N3O/c1-5(12)6-3-10-8-7(6)2-9-4-11-8/h2-4H,1H3,(H,9,10,11). The first-order chi connectivity index (χ1) is 5.79. The fourth-order valence-electron chi connectivity index (χ4n) is 1.15. The van der Waals surface area contributed by atoms with Gasteiger partial charge < -0.3 is 4.98 Å². The first-order valence-corrected chi connectivity index (χ1v) is 3.57. The third-order valence-corrected chi connectivity index (χ3v) is 1.73. The van der Waals surface area contributed by atoms with Gasteiger partial charge in [0.25, 0.3) is 0 Å². The number of carbonyl (C=O) groups excluding carboxylic acids is 1. The van der Waals surface area contributed by atoms with Crippen LogP contribution < -0.4 is 0 Å². The van der Waals surface area contributed by atoms with Crippen molar-refractivity contribution < 1.29 is 4.79 Å². The summed E-state index contributed by atoms with van der Waals surface area (Å²) in [5.74, 6) is 0.0241. The smallest absolute Gasteiger partial charge is 0.162 e. The van der Waals surface area contributed by atoms with E-state index in [2.05, 4.69) is 15.0 Å². The van der Waals surface area contributed by atoms with Gasteiger partial charge in [-0.2, -0.15) is 0 Å². The van der Waals surface area contributed by atoms with Gasteiger partial charge in [-0.05, 0) is 6.92 Å². The Hall–Kier alpha value is -1.71. The molecular weight excluding hydrogens is 154 g/mol. The zero-order valence-corrected chi connectivity index (χ0v) is 6.53. The van der Waals surface area contributed by atoms with Crippen LogP contribution in [0.3, 0.4) is 0 Å². The number of hydrogen-bond donors (Lipinski definition) is 1. The summed E-state index contributed by atoms with van der Waals surface area (Å²) in [6.07, 6.45) is 4.74. The lowest BCUT2D eigenvalue weighted by Gasteiger charge is -1.89. The third-order valence-electron chi connectivity index (χ3n) is 1.73. The minimum absolute atomic E-state index is 0.0241. The molecule has 2 aromatic heterocycles. The van der Waals surface area contributed by atoms with Gasteiger partial charge in [0.1, 0.15) is 12.0 Å². The molecule has 0 unspecified atom stereocenters. The average molecular weight is 161 g/mol. The quantitative estimate of drug-likeness (QED) is 0.638. The van der Waals surface area contributed by atoms with Gasteiger partial charge in [0.05, 0.1) is 0 Å². The summed E-state index contributed by atoms with van der Waals surface area (Å²) in [6.45, 7) is 1.52. The van der Waals surface area contributed by atoms with Crippen molar-refractivity contribution in [3.63, 3.8) is 0 Å². The molecule has 12 heavy (non-hydrogen) atoms. The highest BCUT2D eigenvalue weighted by molar-refractivity contribution is 6.05. The van der Waals surface area contributed by atoms with E-state index >= 15 is 0 Å². The topological polar surface area (TPSA) is 58.6 Å². The van der Waals surface area contributed by atoms with Gasteiger partial charge in [0.15, 0.2) is 5.78 Å². The van der Waals surface area contributed by atoms with Crippen molar-refractivity contribution in [2.24, 2.45) is 0 Å². The molecule has 2 rings (SSSR count). The molecule has 4 nitrogen and oxygen atoms in total. The van der Waals surface area contributed by atoms with Crippen molar-refractivity contribution in [2.45, 2.75) is 6.92 Å². The van der Waals surface area contributed by atoms with Crippen LogP contribution in [0, 0.1) is 0 Å².